The first-order valence-corrected chi connectivity index (χ1v) is 10.3. The normalized spacial score (nSPS) is 15.2. The number of piperazine rings is 1. The van der Waals surface area contributed by atoms with Crippen LogP contribution in [0.15, 0.2) is 29.2 Å². The minimum atomic E-state index is -0.274. The van der Waals surface area contributed by atoms with E-state index < -0.39 is 0 Å². The quantitative estimate of drug-likeness (QED) is 0.595. The van der Waals surface area contributed by atoms with Crippen LogP contribution in [0.2, 0.25) is 10.0 Å². The molecule has 0 radical (unpaired) electrons. The fraction of sp³-hybridized carbons (Fsp3) is 0.368. The fourth-order valence-electron chi connectivity index (χ4n) is 3.33. The number of halogens is 2. The summed E-state index contributed by atoms with van der Waals surface area (Å²) in [6.07, 6.45) is 1.57. The molecule has 1 saturated heterocycles. The van der Waals surface area contributed by atoms with E-state index in [9.17, 15) is 9.59 Å². The molecule has 2 aromatic heterocycles. The maximum Gasteiger partial charge on any atom is 0.278 e. The smallest absolute Gasteiger partial charge is 0.278 e. The molecule has 0 spiro atoms. The molecule has 3 aromatic rings. The van der Waals surface area contributed by atoms with Gasteiger partial charge in [0.25, 0.3) is 5.56 Å². The summed E-state index contributed by atoms with van der Waals surface area (Å²) < 4.78 is 1.63. The van der Waals surface area contributed by atoms with E-state index in [0.29, 0.717) is 59.8 Å². The van der Waals surface area contributed by atoms with Crippen molar-refractivity contribution in [2.24, 2.45) is 0 Å². The number of hydrogen-bond donors (Lipinski definition) is 2. The molecule has 0 atom stereocenters. The number of likely N-dealkylation sites (N-methyl/N-ethyl adjacent to an activating group) is 1. The van der Waals surface area contributed by atoms with Gasteiger partial charge in [-0.05, 0) is 17.7 Å². The molecule has 1 fully saturated rings. The summed E-state index contributed by atoms with van der Waals surface area (Å²) in [6.45, 7) is 3.45. The second-order valence-electron chi connectivity index (χ2n) is 7.21. The lowest BCUT2D eigenvalue weighted by Crippen LogP contribution is -2.49. The maximum atomic E-state index is 12.6. The third-order valence-electron chi connectivity index (χ3n) is 5.11. The highest BCUT2D eigenvalue weighted by Crippen LogP contribution is 2.22. The van der Waals surface area contributed by atoms with Gasteiger partial charge in [-0.15, -0.1) is 0 Å². The summed E-state index contributed by atoms with van der Waals surface area (Å²) in [5.41, 5.74) is 1.55. The van der Waals surface area contributed by atoms with Gasteiger partial charge < -0.3 is 10.2 Å². The summed E-state index contributed by atoms with van der Waals surface area (Å²) in [5.74, 6) is 0.451. The molecule has 9 nitrogen and oxygen atoms in total. The summed E-state index contributed by atoms with van der Waals surface area (Å²) in [4.78, 5) is 35.5. The predicted octanol–water partition coefficient (Wildman–Crippen LogP) is 1.81. The molecular weight excluding hydrogens is 429 g/mol. The van der Waals surface area contributed by atoms with Gasteiger partial charge in [-0.1, -0.05) is 29.3 Å². The summed E-state index contributed by atoms with van der Waals surface area (Å²) in [6, 6.07) is 5.33. The molecule has 1 aliphatic rings. The number of rotatable bonds is 6. The predicted molar refractivity (Wildman–Crippen MR) is 116 cm³/mol. The van der Waals surface area contributed by atoms with E-state index in [-0.39, 0.29) is 11.5 Å². The summed E-state index contributed by atoms with van der Waals surface area (Å²) in [5, 5.41) is 8.35. The van der Waals surface area contributed by atoms with Crippen molar-refractivity contribution in [1.82, 2.24) is 29.5 Å². The Morgan fingerprint density at radius 3 is 2.77 bits per heavy atom. The zero-order chi connectivity index (χ0) is 21.3. The lowest BCUT2D eigenvalue weighted by Gasteiger charge is -2.31. The van der Waals surface area contributed by atoms with Crippen molar-refractivity contribution in [3.63, 3.8) is 0 Å². The van der Waals surface area contributed by atoms with Crippen LogP contribution in [-0.4, -0.2) is 68.7 Å². The second-order valence-corrected chi connectivity index (χ2v) is 8.02. The number of aromatic amines is 1. The lowest BCUT2D eigenvalue weighted by atomic mass is 10.2. The van der Waals surface area contributed by atoms with Gasteiger partial charge in [0.1, 0.15) is 5.52 Å². The number of anilines is 1. The Labute approximate surface area is 182 Å². The third kappa shape index (κ3) is 4.43. The number of hydrogen-bond acceptors (Lipinski definition) is 6. The highest BCUT2D eigenvalue weighted by molar-refractivity contribution is 6.42. The van der Waals surface area contributed by atoms with Crippen LogP contribution < -0.4 is 10.9 Å². The Morgan fingerprint density at radius 2 is 2.00 bits per heavy atom. The molecule has 30 heavy (non-hydrogen) atoms. The first kappa shape index (κ1) is 20.6. The Bertz CT molecular complexity index is 1140. The van der Waals surface area contributed by atoms with Crippen molar-refractivity contribution >= 4 is 46.1 Å². The molecule has 11 heteroatoms. The maximum absolute atomic E-state index is 12.6. The number of nitrogens with zero attached hydrogens (tertiary/aromatic N) is 5. The fourth-order valence-corrected chi connectivity index (χ4v) is 3.65. The van der Waals surface area contributed by atoms with Gasteiger partial charge in [-0.2, -0.15) is 5.10 Å². The van der Waals surface area contributed by atoms with Gasteiger partial charge in [-0.25, -0.2) is 4.98 Å². The molecule has 158 valence electrons. The van der Waals surface area contributed by atoms with E-state index in [1.807, 2.05) is 6.07 Å². The van der Waals surface area contributed by atoms with Crippen LogP contribution in [0.5, 0.6) is 0 Å². The molecular formula is C19H21Cl2N7O2. The Hall–Kier alpha value is -2.62. The minimum absolute atomic E-state index is 0.101. The molecule has 3 heterocycles. The molecule has 0 bridgehead atoms. The first-order chi connectivity index (χ1) is 14.4. The van der Waals surface area contributed by atoms with E-state index in [1.54, 1.807) is 35.0 Å². The van der Waals surface area contributed by atoms with E-state index in [1.165, 1.54) is 0 Å². The van der Waals surface area contributed by atoms with Gasteiger partial charge in [0.05, 0.1) is 29.3 Å². The number of nitrogens with one attached hydrogen (secondary N) is 2. The summed E-state index contributed by atoms with van der Waals surface area (Å²) in [7, 11) is 1.80. The Morgan fingerprint density at radius 1 is 1.17 bits per heavy atom. The first-order valence-electron chi connectivity index (χ1n) is 9.50. The van der Waals surface area contributed by atoms with Crippen molar-refractivity contribution in [2.45, 2.75) is 13.1 Å². The van der Waals surface area contributed by atoms with Crippen LogP contribution in [-0.2, 0) is 17.9 Å². The van der Waals surface area contributed by atoms with Gasteiger partial charge >= 0.3 is 0 Å². The number of carbonyl (C=O) groups excluding carboxylic acids is 1. The minimum Gasteiger partial charge on any atom is -0.352 e. The molecule has 1 aliphatic heterocycles. The molecule has 4 rings (SSSR count). The second kappa shape index (κ2) is 8.63. The molecule has 0 aliphatic carbocycles. The number of aromatic nitrogens is 4. The van der Waals surface area contributed by atoms with Crippen LogP contribution in [0, 0.1) is 0 Å². The average molecular weight is 450 g/mol. The third-order valence-corrected chi connectivity index (χ3v) is 5.85. The SMILES string of the molecule is CN1CCN(CCn2ncc3nc(NCc4ccc(Cl)c(Cl)c4)[nH]c(=O)c32)CC1=O. The average Bonchev–Trinajstić information content (AvgIpc) is 3.13. The van der Waals surface area contributed by atoms with Gasteiger partial charge in [0.15, 0.2) is 5.52 Å². The van der Waals surface area contributed by atoms with Gasteiger partial charge in [0, 0.05) is 33.2 Å². The van der Waals surface area contributed by atoms with Crippen molar-refractivity contribution < 1.29 is 4.79 Å². The largest absolute Gasteiger partial charge is 0.352 e. The van der Waals surface area contributed by atoms with Crippen LogP contribution in [0.3, 0.4) is 0 Å². The molecule has 1 aromatic carbocycles. The Balaban J connectivity index is 1.44. The van der Waals surface area contributed by atoms with E-state index >= 15 is 0 Å². The van der Waals surface area contributed by atoms with Crippen molar-refractivity contribution in [3.05, 3.63) is 50.4 Å². The van der Waals surface area contributed by atoms with Crippen LogP contribution in [0.25, 0.3) is 11.0 Å². The van der Waals surface area contributed by atoms with Crippen molar-refractivity contribution in [3.8, 4) is 0 Å². The highest BCUT2D eigenvalue weighted by Gasteiger charge is 2.21. The topological polar surface area (TPSA) is 99.1 Å². The molecule has 2 N–H and O–H groups in total. The molecule has 0 unspecified atom stereocenters. The number of amides is 1. The van der Waals surface area contributed by atoms with E-state index in [4.69, 9.17) is 23.2 Å². The van der Waals surface area contributed by atoms with Crippen molar-refractivity contribution in [2.75, 3.05) is 38.5 Å². The van der Waals surface area contributed by atoms with E-state index in [2.05, 4.69) is 25.3 Å². The highest BCUT2D eigenvalue weighted by atomic mass is 35.5. The Kier molecular flexibility index (Phi) is 5.94. The van der Waals surface area contributed by atoms with Gasteiger partial charge in [-0.3, -0.25) is 24.2 Å². The van der Waals surface area contributed by atoms with Crippen LogP contribution in [0.4, 0.5) is 5.95 Å². The van der Waals surface area contributed by atoms with Crippen LogP contribution in [0.1, 0.15) is 5.56 Å². The monoisotopic (exact) mass is 449 g/mol. The zero-order valence-corrected chi connectivity index (χ0v) is 17.9. The molecule has 1 amide bonds. The van der Waals surface area contributed by atoms with Crippen LogP contribution >= 0.6 is 23.2 Å². The number of benzene rings is 1. The zero-order valence-electron chi connectivity index (χ0n) is 16.4. The van der Waals surface area contributed by atoms with E-state index in [0.717, 1.165) is 12.1 Å². The standard InChI is InChI=1S/C19H21Cl2N7O2/c1-26-4-5-27(11-16(26)29)6-7-28-17-15(10-23-28)24-19(25-18(17)30)22-9-12-2-3-13(20)14(21)8-12/h2-3,8,10H,4-7,9,11H2,1H3,(H2,22,24,25,30). The number of H-pyrrole nitrogens is 1. The summed E-state index contributed by atoms with van der Waals surface area (Å²) >= 11 is 12.0. The number of fused-ring (bicyclic) bond motifs is 1. The lowest BCUT2D eigenvalue weighted by molar-refractivity contribution is -0.134. The molecule has 0 saturated carbocycles. The number of carbonyl (C=O) groups is 1. The van der Waals surface area contributed by atoms with Gasteiger partial charge in [0.2, 0.25) is 11.9 Å². The van der Waals surface area contributed by atoms with Crippen molar-refractivity contribution in [1.29, 1.82) is 0 Å².